The molecular weight excluding hydrogens is 260 g/mol. The molecule has 1 aromatic heterocycles. The van der Waals surface area contributed by atoms with E-state index in [0.717, 1.165) is 12.8 Å². The number of hydrogen-bond donors (Lipinski definition) is 2. The van der Waals surface area contributed by atoms with Crippen LogP contribution < -0.4 is 11.3 Å². The van der Waals surface area contributed by atoms with Crippen LogP contribution >= 0.6 is 23.1 Å². The van der Waals surface area contributed by atoms with Gasteiger partial charge in [0.1, 0.15) is 0 Å². The molecule has 0 fully saturated rings. The van der Waals surface area contributed by atoms with Gasteiger partial charge in [-0.3, -0.25) is 11.3 Å². The summed E-state index contributed by atoms with van der Waals surface area (Å²) in [4.78, 5) is 2.81. The number of nitrogens with two attached hydrogens (primary N) is 1. The molecule has 0 aliphatic carbocycles. The highest BCUT2D eigenvalue weighted by molar-refractivity contribution is 8.00. The third-order valence-electron chi connectivity index (χ3n) is 3.34. The van der Waals surface area contributed by atoms with Crippen molar-refractivity contribution in [2.45, 2.75) is 29.0 Å². The molecule has 0 amide bonds. The number of hydrogen-bond acceptors (Lipinski definition) is 4. The molecule has 2 aromatic rings. The predicted molar refractivity (Wildman–Crippen MR) is 78.9 cm³/mol. The Morgan fingerprint density at radius 3 is 2.89 bits per heavy atom. The fraction of sp³-hybridized carbons (Fsp3) is 0.286. The first-order chi connectivity index (χ1) is 8.86. The van der Waals surface area contributed by atoms with Crippen LogP contribution in [0.3, 0.4) is 0 Å². The number of rotatable bonds is 4. The van der Waals surface area contributed by atoms with Gasteiger partial charge in [-0.05, 0) is 35.9 Å². The van der Waals surface area contributed by atoms with Crippen LogP contribution in [-0.4, -0.2) is 11.3 Å². The molecule has 0 saturated heterocycles. The van der Waals surface area contributed by atoms with E-state index < -0.39 is 0 Å². The zero-order valence-electron chi connectivity index (χ0n) is 10.0. The summed E-state index contributed by atoms with van der Waals surface area (Å²) in [5, 5.41) is 2.66. The van der Waals surface area contributed by atoms with Crippen molar-refractivity contribution in [1.29, 1.82) is 0 Å². The number of hydrazine groups is 1. The Bertz CT molecular complexity index is 483. The minimum atomic E-state index is 0.334. The van der Waals surface area contributed by atoms with Gasteiger partial charge >= 0.3 is 0 Å². The van der Waals surface area contributed by atoms with Gasteiger partial charge in [0.15, 0.2) is 0 Å². The van der Waals surface area contributed by atoms with Crippen molar-refractivity contribution in [3.63, 3.8) is 0 Å². The lowest BCUT2D eigenvalue weighted by molar-refractivity contribution is 0.509. The Kier molecular flexibility index (Phi) is 3.70. The lowest BCUT2D eigenvalue weighted by Crippen LogP contribution is -2.43. The maximum atomic E-state index is 5.75. The van der Waals surface area contributed by atoms with Crippen LogP contribution in [0.25, 0.3) is 0 Å². The van der Waals surface area contributed by atoms with E-state index in [4.69, 9.17) is 5.84 Å². The van der Waals surface area contributed by atoms with E-state index in [-0.39, 0.29) is 0 Å². The molecule has 0 radical (unpaired) electrons. The van der Waals surface area contributed by atoms with Gasteiger partial charge in [-0.25, -0.2) is 0 Å². The lowest BCUT2D eigenvalue weighted by atomic mass is 10.0. The quantitative estimate of drug-likeness (QED) is 0.666. The number of fused-ring (bicyclic) bond motifs is 1. The van der Waals surface area contributed by atoms with E-state index in [0.29, 0.717) is 11.3 Å². The van der Waals surface area contributed by atoms with Gasteiger partial charge in [-0.1, -0.05) is 24.3 Å². The molecule has 3 rings (SSSR count). The van der Waals surface area contributed by atoms with Crippen LogP contribution in [0.2, 0.25) is 0 Å². The van der Waals surface area contributed by atoms with Crippen LogP contribution in [0.15, 0.2) is 46.7 Å². The van der Waals surface area contributed by atoms with Crippen LogP contribution in [0, 0.1) is 0 Å². The van der Waals surface area contributed by atoms with Gasteiger partial charge in [0, 0.05) is 21.1 Å². The van der Waals surface area contributed by atoms with Crippen LogP contribution in [-0.2, 0) is 12.8 Å². The third kappa shape index (κ3) is 2.47. The van der Waals surface area contributed by atoms with E-state index in [1.165, 1.54) is 15.3 Å². The topological polar surface area (TPSA) is 38.0 Å². The highest BCUT2D eigenvalue weighted by atomic mass is 32.2. The summed E-state index contributed by atoms with van der Waals surface area (Å²) >= 11 is 3.76. The molecule has 2 atom stereocenters. The maximum Gasteiger partial charge on any atom is 0.0384 e. The zero-order valence-corrected chi connectivity index (χ0v) is 11.6. The number of benzene rings is 1. The third-order valence-corrected chi connectivity index (χ3v) is 5.68. The summed E-state index contributed by atoms with van der Waals surface area (Å²) in [5.74, 6) is 5.75. The summed E-state index contributed by atoms with van der Waals surface area (Å²) in [6.07, 6.45) is 2.13. The maximum absolute atomic E-state index is 5.75. The van der Waals surface area contributed by atoms with Crippen molar-refractivity contribution in [2.75, 3.05) is 0 Å². The molecule has 0 spiro atoms. The van der Waals surface area contributed by atoms with Gasteiger partial charge in [-0.15, -0.1) is 23.1 Å². The van der Waals surface area contributed by atoms with Gasteiger partial charge in [0.05, 0.1) is 0 Å². The monoisotopic (exact) mass is 276 g/mol. The van der Waals surface area contributed by atoms with Crippen molar-refractivity contribution in [3.05, 3.63) is 52.2 Å². The van der Waals surface area contributed by atoms with Crippen LogP contribution in [0.5, 0.6) is 0 Å². The molecular formula is C14H16N2S2. The first-order valence-corrected chi connectivity index (χ1v) is 7.86. The van der Waals surface area contributed by atoms with E-state index in [9.17, 15) is 0 Å². The number of nitrogens with one attached hydrogen (secondary N) is 1. The van der Waals surface area contributed by atoms with E-state index in [1.807, 2.05) is 11.8 Å². The molecule has 1 aromatic carbocycles. The van der Waals surface area contributed by atoms with Crippen molar-refractivity contribution in [1.82, 2.24) is 5.43 Å². The van der Waals surface area contributed by atoms with Gasteiger partial charge in [0.2, 0.25) is 0 Å². The predicted octanol–water partition coefficient (Wildman–Crippen LogP) is 2.84. The molecule has 1 aliphatic heterocycles. The molecule has 18 heavy (non-hydrogen) atoms. The molecule has 3 N–H and O–H groups in total. The number of thioether (sulfide) groups is 1. The molecule has 4 heteroatoms. The highest BCUT2D eigenvalue weighted by Gasteiger charge is 2.28. The van der Waals surface area contributed by atoms with Crippen molar-refractivity contribution in [2.24, 2.45) is 5.84 Å². The van der Waals surface area contributed by atoms with Gasteiger partial charge in [-0.2, -0.15) is 0 Å². The lowest BCUT2D eigenvalue weighted by Gasteiger charge is -2.21. The summed E-state index contributed by atoms with van der Waals surface area (Å²) < 4.78 is 0. The van der Waals surface area contributed by atoms with Crippen LogP contribution in [0.4, 0.5) is 0 Å². The fourth-order valence-electron chi connectivity index (χ4n) is 2.38. The van der Waals surface area contributed by atoms with E-state index >= 15 is 0 Å². The second-order valence-electron chi connectivity index (χ2n) is 4.52. The van der Waals surface area contributed by atoms with E-state index in [2.05, 4.69) is 47.2 Å². The normalized spacial score (nSPS) is 19.7. The number of thiophene rings is 1. The Morgan fingerprint density at radius 1 is 1.28 bits per heavy atom. The minimum Gasteiger partial charge on any atom is -0.271 e. The van der Waals surface area contributed by atoms with Gasteiger partial charge < -0.3 is 0 Å². The first-order valence-electron chi connectivity index (χ1n) is 6.10. The second-order valence-corrected chi connectivity index (χ2v) is 6.84. The van der Waals surface area contributed by atoms with Gasteiger partial charge in [0.25, 0.3) is 0 Å². The fourth-order valence-corrected chi connectivity index (χ4v) is 4.53. The summed E-state index contributed by atoms with van der Waals surface area (Å²) in [6.45, 7) is 0. The van der Waals surface area contributed by atoms with Crippen molar-refractivity contribution in [3.8, 4) is 0 Å². The van der Waals surface area contributed by atoms with Crippen molar-refractivity contribution >= 4 is 23.1 Å². The zero-order chi connectivity index (χ0) is 12.4. The molecule has 0 saturated carbocycles. The van der Waals surface area contributed by atoms with Crippen LogP contribution in [0.1, 0.15) is 10.4 Å². The molecule has 1 aliphatic rings. The molecule has 2 heterocycles. The summed E-state index contributed by atoms with van der Waals surface area (Å²) in [5.41, 5.74) is 4.46. The Morgan fingerprint density at radius 2 is 2.17 bits per heavy atom. The Labute approximate surface area is 116 Å². The standard InChI is InChI=1S/C14H16N2S2/c15-16-12(9-11-5-3-7-17-11)14-8-10-4-1-2-6-13(10)18-14/h1-7,12,14,16H,8-9,15H2. The SMILES string of the molecule is NNC(Cc1cccs1)C1Cc2ccccc2S1. The van der Waals surface area contributed by atoms with E-state index in [1.54, 1.807) is 11.3 Å². The molecule has 94 valence electrons. The minimum absolute atomic E-state index is 0.334. The average Bonchev–Trinajstić information content (AvgIpc) is 3.04. The van der Waals surface area contributed by atoms with Crippen molar-refractivity contribution < 1.29 is 0 Å². The molecule has 2 nitrogen and oxygen atoms in total. The molecule has 0 bridgehead atoms. The average molecular weight is 276 g/mol. The first kappa shape index (κ1) is 12.2. The smallest absolute Gasteiger partial charge is 0.0384 e. The molecule has 2 unspecified atom stereocenters. The second kappa shape index (κ2) is 5.45. The largest absolute Gasteiger partial charge is 0.271 e. The summed E-state index contributed by atoms with van der Waals surface area (Å²) in [7, 11) is 0. The Hall–Kier alpha value is -0.810. The highest BCUT2D eigenvalue weighted by Crippen LogP contribution is 2.38. The summed E-state index contributed by atoms with van der Waals surface area (Å²) in [6, 6.07) is 13.3. The Balaban J connectivity index is 1.71.